The Labute approximate surface area is 151 Å². The molecule has 25 heavy (non-hydrogen) atoms. The van der Waals surface area contributed by atoms with Crippen LogP contribution in [0.2, 0.25) is 0 Å². The van der Waals surface area contributed by atoms with Crippen LogP contribution in [0.25, 0.3) is 0 Å². The Hall–Kier alpha value is -2.00. The number of methoxy groups -OCH3 is 2. The number of aryl methyl sites for hydroxylation is 2. The summed E-state index contributed by atoms with van der Waals surface area (Å²) in [6, 6.07) is 13.6. The summed E-state index contributed by atoms with van der Waals surface area (Å²) in [5.74, 6) is 2.29. The highest BCUT2D eigenvalue weighted by Gasteiger charge is 2.25. The zero-order valence-electron chi connectivity index (χ0n) is 15.8. The largest absolute Gasteiger partial charge is 0.497 e. The number of benzene rings is 2. The van der Waals surface area contributed by atoms with E-state index in [4.69, 9.17) is 9.47 Å². The molecule has 0 saturated carbocycles. The van der Waals surface area contributed by atoms with Gasteiger partial charge in [0, 0.05) is 12.0 Å². The Balaban J connectivity index is 2.05. The van der Waals surface area contributed by atoms with Gasteiger partial charge in [0.25, 0.3) is 0 Å². The van der Waals surface area contributed by atoms with Crippen LogP contribution < -0.4 is 14.8 Å². The minimum absolute atomic E-state index is 0.401. The summed E-state index contributed by atoms with van der Waals surface area (Å²) in [4.78, 5) is 0. The smallest absolute Gasteiger partial charge is 0.119 e. The molecule has 1 atom stereocenters. The Kier molecular flexibility index (Phi) is 5.64. The van der Waals surface area contributed by atoms with Crippen LogP contribution in [0.15, 0.2) is 36.4 Å². The van der Waals surface area contributed by atoms with E-state index >= 15 is 0 Å². The molecule has 0 amide bonds. The molecule has 0 aromatic heterocycles. The predicted octanol–water partition coefficient (Wildman–Crippen LogP) is 4.32. The van der Waals surface area contributed by atoms with Crippen molar-refractivity contribution in [3.63, 3.8) is 0 Å². The lowest BCUT2D eigenvalue weighted by Gasteiger charge is -2.25. The molecule has 0 heterocycles. The van der Waals surface area contributed by atoms with Gasteiger partial charge in [-0.1, -0.05) is 19.1 Å². The van der Waals surface area contributed by atoms with Crippen LogP contribution in [-0.2, 0) is 12.8 Å². The van der Waals surface area contributed by atoms with Crippen molar-refractivity contribution in [2.45, 2.75) is 45.1 Å². The van der Waals surface area contributed by atoms with Crippen molar-refractivity contribution < 1.29 is 9.47 Å². The van der Waals surface area contributed by atoms with Gasteiger partial charge in [-0.15, -0.1) is 0 Å². The fraction of sp³-hybridized carbons (Fsp3) is 0.455. The standard InChI is InChI=1S/C22H29NO2/c1-5-23-15(2)12-22-20-10-8-18(24-3)13-16(20)6-7-17-14-19(25-4)9-11-21(17)22/h8-11,13-15,22-23H,5-7,12H2,1-4H3. The average molecular weight is 339 g/mol. The Morgan fingerprint density at radius 2 is 1.48 bits per heavy atom. The van der Waals surface area contributed by atoms with Crippen molar-refractivity contribution >= 4 is 0 Å². The minimum atomic E-state index is 0.401. The Bertz CT molecular complexity index is 670. The summed E-state index contributed by atoms with van der Waals surface area (Å²) < 4.78 is 10.9. The molecule has 1 aliphatic carbocycles. The van der Waals surface area contributed by atoms with Gasteiger partial charge in [-0.3, -0.25) is 0 Å². The third-order valence-corrected chi connectivity index (χ3v) is 5.26. The number of hydrogen-bond acceptors (Lipinski definition) is 3. The van der Waals surface area contributed by atoms with Crippen molar-refractivity contribution in [3.8, 4) is 11.5 Å². The van der Waals surface area contributed by atoms with E-state index in [2.05, 4.69) is 55.6 Å². The lowest BCUT2D eigenvalue weighted by molar-refractivity contribution is 0.414. The summed E-state index contributed by atoms with van der Waals surface area (Å²) >= 11 is 0. The molecule has 1 aliphatic rings. The van der Waals surface area contributed by atoms with E-state index in [1.54, 1.807) is 14.2 Å². The van der Waals surface area contributed by atoms with E-state index in [1.165, 1.54) is 22.3 Å². The third kappa shape index (κ3) is 3.82. The van der Waals surface area contributed by atoms with Crippen LogP contribution in [0.1, 0.15) is 48.4 Å². The molecule has 134 valence electrons. The highest BCUT2D eigenvalue weighted by atomic mass is 16.5. The third-order valence-electron chi connectivity index (χ3n) is 5.26. The fourth-order valence-electron chi connectivity index (χ4n) is 4.01. The second kappa shape index (κ2) is 7.92. The highest BCUT2D eigenvalue weighted by Crippen LogP contribution is 2.39. The Morgan fingerprint density at radius 3 is 1.92 bits per heavy atom. The molecule has 1 unspecified atom stereocenters. The average Bonchev–Trinajstić information content (AvgIpc) is 2.78. The van der Waals surface area contributed by atoms with Crippen LogP contribution in [0.4, 0.5) is 0 Å². The van der Waals surface area contributed by atoms with Gasteiger partial charge in [0.1, 0.15) is 11.5 Å². The molecule has 0 aliphatic heterocycles. The quantitative estimate of drug-likeness (QED) is 0.850. The fourth-order valence-corrected chi connectivity index (χ4v) is 4.01. The van der Waals surface area contributed by atoms with Gasteiger partial charge < -0.3 is 14.8 Å². The van der Waals surface area contributed by atoms with Crippen molar-refractivity contribution in [1.29, 1.82) is 0 Å². The molecule has 2 aromatic rings. The normalized spacial score (nSPS) is 15.0. The number of rotatable bonds is 6. The van der Waals surface area contributed by atoms with Crippen LogP contribution in [0.3, 0.4) is 0 Å². The molecular formula is C22H29NO2. The second-order valence-electron chi connectivity index (χ2n) is 6.88. The minimum Gasteiger partial charge on any atom is -0.497 e. The molecule has 3 nitrogen and oxygen atoms in total. The molecule has 0 saturated heterocycles. The first-order chi connectivity index (χ1) is 12.2. The highest BCUT2D eigenvalue weighted by molar-refractivity contribution is 5.49. The molecule has 0 radical (unpaired) electrons. The SMILES string of the molecule is CCNC(C)CC1c2ccc(OC)cc2CCc2cc(OC)ccc21. The van der Waals surface area contributed by atoms with Crippen molar-refractivity contribution in [2.24, 2.45) is 0 Å². The number of hydrogen-bond donors (Lipinski definition) is 1. The Morgan fingerprint density at radius 1 is 0.960 bits per heavy atom. The van der Waals surface area contributed by atoms with Crippen LogP contribution >= 0.6 is 0 Å². The molecular weight excluding hydrogens is 310 g/mol. The van der Waals surface area contributed by atoms with Gasteiger partial charge in [0.15, 0.2) is 0 Å². The number of ether oxygens (including phenoxy) is 2. The maximum absolute atomic E-state index is 5.46. The van der Waals surface area contributed by atoms with Gasteiger partial charge in [-0.05, 0) is 79.3 Å². The molecule has 3 heteroatoms. The van der Waals surface area contributed by atoms with Gasteiger partial charge in [0.05, 0.1) is 14.2 Å². The van der Waals surface area contributed by atoms with Crippen molar-refractivity contribution in [3.05, 3.63) is 58.7 Å². The van der Waals surface area contributed by atoms with E-state index in [9.17, 15) is 0 Å². The van der Waals surface area contributed by atoms with Crippen LogP contribution in [-0.4, -0.2) is 26.8 Å². The van der Waals surface area contributed by atoms with Crippen LogP contribution in [0.5, 0.6) is 11.5 Å². The molecule has 0 fully saturated rings. The molecule has 2 aromatic carbocycles. The molecule has 0 bridgehead atoms. The van der Waals surface area contributed by atoms with Crippen molar-refractivity contribution in [1.82, 2.24) is 5.32 Å². The predicted molar refractivity (Wildman–Crippen MR) is 103 cm³/mol. The monoisotopic (exact) mass is 339 g/mol. The van der Waals surface area contributed by atoms with Gasteiger partial charge in [-0.2, -0.15) is 0 Å². The number of fused-ring (bicyclic) bond motifs is 2. The zero-order chi connectivity index (χ0) is 17.8. The molecule has 3 rings (SSSR count). The first-order valence-corrected chi connectivity index (χ1v) is 9.23. The summed E-state index contributed by atoms with van der Waals surface area (Å²) in [6.45, 7) is 5.45. The maximum Gasteiger partial charge on any atom is 0.119 e. The summed E-state index contributed by atoms with van der Waals surface area (Å²) in [7, 11) is 3.48. The van der Waals surface area contributed by atoms with Gasteiger partial charge in [-0.25, -0.2) is 0 Å². The van der Waals surface area contributed by atoms with Gasteiger partial charge in [0.2, 0.25) is 0 Å². The van der Waals surface area contributed by atoms with E-state index in [0.29, 0.717) is 12.0 Å². The van der Waals surface area contributed by atoms with Crippen LogP contribution in [0, 0.1) is 0 Å². The number of nitrogens with one attached hydrogen (secondary N) is 1. The zero-order valence-corrected chi connectivity index (χ0v) is 15.8. The first kappa shape index (κ1) is 17.8. The molecule has 1 N–H and O–H groups in total. The lowest BCUT2D eigenvalue weighted by atomic mass is 9.83. The second-order valence-corrected chi connectivity index (χ2v) is 6.88. The molecule has 0 spiro atoms. The summed E-state index contributed by atoms with van der Waals surface area (Å²) in [5.41, 5.74) is 5.69. The first-order valence-electron chi connectivity index (χ1n) is 9.23. The van der Waals surface area contributed by atoms with Crippen molar-refractivity contribution in [2.75, 3.05) is 20.8 Å². The maximum atomic E-state index is 5.46. The van der Waals surface area contributed by atoms with Gasteiger partial charge >= 0.3 is 0 Å². The topological polar surface area (TPSA) is 30.5 Å². The lowest BCUT2D eigenvalue weighted by Crippen LogP contribution is -2.28. The summed E-state index contributed by atoms with van der Waals surface area (Å²) in [5, 5.41) is 3.57. The van der Waals surface area contributed by atoms with E-state index < -0.39 is 0 Å². The van der Waals surface area contributed by atoms with E-state index in [-0.39, 0.29) is 0 Å². The van der Waals surface area contributed by atoms with E-state index in [0.717, 1.165) is 37.3 Å². The summed E-state index contributed by atoms with van der Waals surface area (Å²) in [6.07, 6.45) is 3.17. The van der Waals surface area contributed by atoms with E-state index in [1.807, 2.05) is 0 Å².